The molecule has 0 aromatic heterocycles. The predicted octanol–water partition coefficient (Wildman–Crippen LogP) is 3.82. The molecule has 0 saturated carbocycles. The molecule has 0 bridgehead atoms. The van der Waals surface area contributed by atoms with E-state index in [0.717, 1.165) is 18.7 Å². The van der Waals surface area contributed by atoms with Gasteiger partial charge in [0, 0.05) is 6.54 Å². The second kappa shape index (κ2) is 9.29. The third kappa shape index (κ3) is 5.75. The van der Waals surface area contributed by atoms with Crippen molar-refractivity contribution in [2.75, 3.05) is 29.6 Å². The van der Waals surface area contributed by atoms with Crippen molar-refractivity contribution in [3.05, 3.63) is 24.3 Å². The first kappa shape index (κ1) is 17.4. The molecular formula is C15H25NO2S2. The van der Waals surface area contributed by atoms with Gasteiger partial charge in [0.15, 0.2) is 9.84 Å². The quantitative estimate of drug-likeness (QED) is 0.667. The summed E-state index contributed by atoms with van der Waals surface area (Å²) in [6, 6.07) is 7.21. The molecule has 0 aliphatic heterocycles. The fourth-order valence-electron chi connectivity index (χ4n) is 2.03. The van der Waals surface area contributed by atoms with Crippen LogP contribution in [0.2, 0.25) is 0 Å². The minimum atomic E-state index is -3.16. The highest BCUT2D eigenvalue weighted by Gasteiger charge is 2.16. The molecule has 3 nitrogen and oxygen atoms in total. The van der Waals surface area contributed by atoms with E-state index in [4.69, 9.17) is 0 Å². The molecule has 0 saturated heterocycles. The lowest BCUT2D eigenvalue weighted by molar-refractivity contribution is 0.595. The van der Waals surface area contributed by atoms with Crippen LogP contribution in [0, 0.1) is 0 Å². The van der Waals surface area contributed by atoms with Gasteiger partial charge in [-0.25, -0.2) is 8.42 Å². The summed E-state index contributed by atoms with van der Waals surface area (Å²) in [7, 11) is -3.16. The Bertz CT molecular complexity index is 486. The van der Waals surface area contributed by atoms with Crippen molar-refractivity contribution in [3.8, 4) is 0 Å². The molecule has 1 N–H and O–H groups in total. The average Bonchev–Trinajstić information content (AvgIpc) is 2.43. The molecule has 114 valence electrons. The molecule has 0 radical (unpaired) electrons. The van der Waals surface area contributed by atoms with Crippen LogP contribution in [-0.4, -0.2) is 32.7 Å². The van der Waals surface area contributed by atoms with Gasteiger partial charge in [-0.05, 0) is 43.4 Å². The molecule has 1 rings (SSSR count). The molecule has 5 heteroatoms. The number of thioether (sulfide) groups is 1. The number of benzene rings is 1. The summed E-state index contributed by atoms with van der Waals surface area (Å²) < 4.78 is 24.4. The molecular weight excluding hydrogens is 290 g/mol. The number of anilines is 1. The van der Waals surface area contributed by atoms with Gasteiger partial charge in [-0.2, -0.15) is 11.8 Å². The lowest BCUT2D eigenvalue weighted by Gasteiger charge is -2.12. The Hall–Kier alpha value is -0.680. The van der Waals surface area contributed by atoms with Gasteiger partial charge in [-0.1, -0.05) is 25.5 Å². The minimum absolute atomic E-state index is 0.208. The third-order valence-corrected chi connectivity index (χ3v) is 5.70. The Morgan fingerprint density at radius 2 is 1.90 bits per heavy atom. The van der Waals surface area contributed by atoms with Crippen molar-refractivity contribution >= 4 is 27.3 Å². The summed E-state index contributed by atoms with van der Waals surface area (Å²) in [5.74, 6) is 1.40. The van der Waals surface area contributed by atoms with Crippen molar-refractivity contribution in [1.29, 1.82) is 0 Å². The molecule has 1 aromatic carbocycles. The lowest BCUT2D eigenvalue weighted by atomic mass is 10.2. The Labute approximate surface area is 127 Å². The number of sulfone groups is 1. The molecule has 0 spiro atoms. The molecule has 0 heterocycles. The van der Waals surface area contributed by atoms with Crippen molar-refractivity contribution in [1.82, 2.24) is 0 Å². The Morgan fingerprint density at radius 1 is 1.15 bits per heavy atom. The first-order valence-corrected chi connectivity index (χ1v) is 10.2. The fraction of sp³-hybridized carbons (Fsp3) is 0.600. The van der Waals surface area contributed by atoms with Crippen LogP contribution in [0.4, 0.5) is 5.69 Å². The molecule has 0 aliphatic rings. The average molecular weight is 316 g/mol. The van der Waals surface area contributed by atoms with Gasteiger partial charge in [0.2, 0.25) is 0 Å². The molecule has 20 heavy (non-hydrogen) atoms. The van der Waals surface area contributed by atoms with Gasteiger partial charge in [0.1, 0.15) is 0 Å². The summed E-state index contributed by atoms with van der Waals surface area (Å²) in [6.45, 7) is 2.71. The van der Waals surface area contributed by atoms with Crippen LogP contribution in [0.1, 0.15) is 32.6 Å². The van der Waals surface area contributed by atoms with Crippen LogP contribution in [0.5, 0.6) is 0 Å². The van der Waals surface area contributed by atoms with Gasteiger partial charge in [0.25, 0.3) is 0 Å². The predicted molar refractivity (Wildman–Crippen MR) is 89.5 cm³/mol. The van der Waals surface area contributed by atoms with Crippen LogP contribution in [0.25, 0.3) is 0 Å². The number of para-hydroxylation sites is 1. The van der Waals surface area contributed by atoms with Crippen LogP contribution in [0.15, 0.2) is 29.2 Å². The van der Waals surface area contributed by atoms with E-state index in [1.807, 2.05) is 30.8 Å². The van der Waals surface area contributed by atoms with Crippen molar-refractivity contribution < 1.29 is 8.42 Å². The van der Waals surface area contributed by atoms with E-state index in [0.29, 0.717) is 11.3 Å². The van der Waals surface area contributed by atoms with Crippen LogP contribution in [0.3, 0.4) is 0 Å². The molecule has 1 aromatic rings. The summed E-state index contributed by atoms with van der Waals surface area (Å²) in [6.07, 6.45) is 6.23. The van der Waals surface area contributed by atoms with Gasteiger partial charge >= 0.3 is 0 Å². The number of nitrogens with one attached hydrogen (secondary N) is 1. The van der Waals surface area contributed by atoms with Gasteiger partial charge in [-0.15, -0.1) is 0 Å². The number of rotatable bonds is 10. The van der Waals surface area contributed by atoms with Crippen LogP contribution < -0.4 is 5.32 Å². The van der Waals surface area contributed by atoms with Crippen LogP contribution in [-0.2, 0) is 9.84 Å². The maximum absolute atomic E-state index is 12.2. The lowest BCUT2D eigenvalue weighted by Crippen LogP contribution is -2.11. The van der Waals surface area contributed by atoms with E-state index in [2.05, 4.69) is 11.6 Å². The number of hydrogen-bond acceptors (Lipinski definition) is 4. The molecule has 0 fully saturated rings. The molecule has 0 amide bonds. The number of unbranched alkanes of at least 4 members (excludes halogenated alkanes) is 2. The minimum Gasteiger partial charge on any atom is -0.384 e. The maximum atomic E-state index is 12.2. The standard InChI is InChI=1S/C15H25NO2S2/c1-3-13-20(17,18)15-10-6-5-9-14(15)16-11-7-4-8-12-19-2/h5-6,9-10,16H,3-4,7-8,11-13H2,1-2H3. The number of hydrogen-bond donors (Lipinski definition) is 1. The monoisotopic (exact) mass is 315 g/mol. The molecule has 0 atom stereocenters. The highest BCUT2D eigenvalue weighted by atomic mass is 32.2. The van der Waals surface area contributed by atoms with Crippen molar-refractivity contribution in [2.45, 2.75) is 37.5 Å². The second-order valence-corrected chi connectivity index (χ2v) is 7.86. The van der Waals surface area contributed by atoms with E-state index < -0.39 is 9.84 Å². The Morgan fingerprint density at radius 3 is 2.60 bits per heavy atom. The summed E-state index contributed by atoms with van der Waals surface area (Å²) in [5.41, 5.74) is 0.741. The zero-order valence-corrected chi connectivity index (χ0v) is 14.0. The maximum Gasteiger partial charge on any atom is 0.180 e. The summed E-state index contributed by atoms with van der Waals surface area (Å²) in [4.78, 5) is 0.436. The highest BCUT2D eigenvalue weighted by molar-refractivity contribution is 7.98. The zero-order valence-electron chi connectivity index (χ0n) is 12.4. The normalized spacial score (nSPS) is 11.5. The highest BCUT2D eigenvalue weighted by Crippen LogP contribution is 2.22. The van der Waals surface area contributed by atoms with Gasteiger partial charge in [0.05, 0.1) is 16.3 Å². The van der Waals surface area contributed by atoms with E-state index >= 15 is 0 Å². The van der Waals surface area contributed by atoms with E-state index in [1.54, 1.807) is 12.1 Å². The third-order valence-electron chi connectivity index (χ3n) is 3.04. The first-order valence-electron chi connectivity index (χ1n) is 7.16. The van der Waals surface area contributed by atoms with E-state index in [1.165, 1.54) is 18.6 Å². The van der Waals surface area contributed by atoms with Crippen molar-refractivity contribution in [2.24, 2.45) is 0 Å². The van der Waals surface area contributed by atoms with Crippen molar-refractivity contribution in [3.63, 3.8) is 0 Å². The largest absolute Gasteiger partial charge is 0.384 e. The fourth-order valence-corrected chi connectivity index (χ4v) is 4.05. The second-order valence-electron chi connectivity index (χ2n) is 4.80. The summed E-state index contributed by atoms with van der Waals surface area (Å²) >= 11 is 1.87. The smallest absolute Gasteiger partial charge is 0.180 e. The van der Waals surface area contributed by atoms with E-state index in [-0.39, 0.29) is 5.75 Å². The summed E-state index contributed by atoms with van der Waals surface area (Å²) in [5, 5.41) is 3.27. The Kier molecular flexibility index (Phi) is 8.07. The van der Waals surface area contributed by atoms with Crippen LogP contribution >= 0.6 is 11.8 Å². The van der Waals surface area contributed by atoms with Gasteiger partial charge in [-0.3, -0.25) is 0 Å². The Balaban J connectivity index is 2.58. The molecule has 0 aliphatic carbocycles. The molecule has 0 unspecified atom stereocenters. The first-order chi connectivity index (χ1) is 9.61. The topological polar surface area (TPSA) is 46.2 Å². The van der Waals surface area contributed by atoms with E-state index in [9.17, 15) is 8.42 Å². The zero-order chi connectivity index (χ0) is 14.8. The van der Waals surface area contributed by atoms with Gasteiger partial charge < -0.3 is 5.32 Å². The SMILES string of the molecule is CCCS(=O)(=O)c1ccccc1NCCCCCSC.